The van der Waals surface area contributed by atoms with E-state index in [1.54, 1.807) is 43.5 Å². The Kier molecular flexibility index (Phi) is 6.21. The van der Waals surface area contributed by atoms with Crippen LogP contribution in [-0.2, 0) is 4.79 Å². The fourth-order valence-electron chi connectivity index (χ4n) is 3.31. The van der Waals surface area contributed by atoms with Gasteiger partial charge in [-0.05, 0) is 67.4 Å². The maximum absolute atomic E-state index is 12.4. The Morgan fingerprint density at radius 1 is 1.00 bits per heavy atom. The molecule has 0 radical (unpaired) electrons. The first-order valence-electron chi connectivity index (χ1n) is 9.74. The van der Waals surface area contributed by atoms with Crippen LogP contribution in [0.4, 0.5) is 5.69 Å². The monoisotopic (exact) mass is 470 g/mol. The highest BCUT2D eigenvalue weighted by atomic mass is 35.5. The van der Waals surface area contributed by atoms with Crippen molar-refractivity contribution in [3.63, 3.8) is 0 Å². The topological polar surface area (TPSA) is 78.3 Å². The zero-order valence-electron chi connectivity index (χ0n) is 17.6. The van der Waals surface area contributed by atoms with Crippen LogP contribution in [0.3, 0.4) is 0 Å². The summed E-state index contributed by atoms with van der Waals surface area (Å²) in [6, 6.07) is 14.3. The van der Waals surface area contributed by atoms with Crippen molar-refractivity contribution in [3.05, 3.63) is 69.7 Å². The Bertz CT molecular complexity index is 1300. The summed E-state index contributed by atoms with van der Waals surface area (Å²) in [4.78, 5) is 13.9. The summed E-state index contributed by atoms with van der Waals surface area (Å²) in [6.07, 6.45) is 0. The first-order valence-corrected chi connectivity index (χ1v) is 10.5. The van der Waals surface area contributed by atoms with E-state index in [4.69, 9.17) is 32.7 Å². The number of carbonyl (C=O) groups is 1. The van der Waals surface area contributed by atoms with E-state index in [9.17, 15) is 4.79 Å². The molecule has 3 aromatic carbocycles. The van der Waals surface area contributed by atoms with Gasteiger partial charge in [-0.15, -0.1) is 10.2 Å². The first kappa shape index (κ1) is 21.9. The van der Waals surface area contributed by atoms with Crippen molar-refractivity contribution in [3.8, 4) is 17.2 Å². The lowest BCUT2D eigenvalue weighted by molar-refractivity contribution is -0.118. The van der Waals surface area contributed by atoms with Gasteiger partial charge in [-0.3, -0.25) is 4.79 Å². The number of carbonyl (C=O) groups excluding carboxylic acids is 1. The summed E-state index contributed by atoms with van der Waals surface area (Å²) >= 11 is 12.4. The van der Waals surface area contributed by atoms with Gasteiger partial charge in [0.2, 0.25) is 0 Å². The van der Waals surface area contributed by atoms with Crippen LogP contribution in [0, 0.1) is 13.8 Å². The highest BCUT2D eigenvalue weighted by Crippen LogP contribution is 2.30. The Labute approximate surface area is 194 Å². The molecule has 1 aromatic heterocycles. The van der Waals surface area contributed by atoms with Crippen LogP contribution >= 0.6 is 23.2 Å². The Morgan fingerprint density at radius 2 is 1.78 bits per heavy atom. The van der Waals surface area contributed by atoms with Gasteiger partial charge in [0.15, 0.2) is 6.61 Å². The number of aromatic nitrogens is 3. The Balaban J connectivity index is 1.47. The molecule has 1 N–H and O–H groups in total. The van der Waals surface area contributed by atoms with Crippen LogP contribution in [0.25, 0.3) is 16.7 Å². The number of hydrogen-bond donors (Lipinski definition) is 1. The third-order valence-corrected chi connectivity index (χ3v) is 5.33. The molecule has 0 aliphatic heterocycles. The lowest BCUT2D eigenvalue weighted by Crippen LogP contribution is -2.20. The van der Waals surface area contributed by atoms with Crippen molar-refractivity contribution in [1.82, 2.24) is 15.0 Å². The zero-order chi connectivity index (χ0) is 22.8. The number of aryl methyl sites for hydroxylation is 2. The predicted octanol–water partition coefficient (Wildman–Crippen LogP) is 5.37. The molecule has 0 saturated carbocycles. The molecule has 4 aromatic rings. The Morgan fingerprint density at radius 3 is 2.50 bits per heavy atom. The standard InChI is InChI=1S/C23H20Cl2N4O3/c1-13-8-14(2)23(18(25)9-13)32-12-22(30)26-15-4-6-19-20(10-15)28-29(27-19)16-5-7-21(31-3)17(24)11-16/h4-11H,12H2,1-3H3,(H,26,30). The third kappa shape index (κ3) is 4.64. The molecule has 4 rings (SSSR count). The molecule has 0 saturated heterocycles. The highest BCUT2D eigenvalue weighted by molar-refractivity contribution is 6.32. The van der Waals surface area contributed by atoms with E-state index in [1.807, 2.05) is 26.0 Å². The molecule has 32 heavy (non-hydrogen) atoms. The summed E-state index contributed by atoms with van der Waals surface area (Å²) in [5, 5.41) is 12.7. The SMILES string of the molecule is COc1ccc(-n2nc3ccc(NC(=O)COc4c(C)cc(C)cc4Cl)cc3n2)cc1Cl. The summed E-state index contributed by atoms with van der Waals surface area (Å²) in [7, 11) is 1.55. The lowest BCUT2D eigenvalue weighted by Gasteiger charge is -2.12. The molecule has 0 unspecified atom stereocenters. The number of rotatable bonds is 6. The number of hydrogen-bond acceptors (Lipinski definition) is 5. The van der Waals surface area contributed by atoms with Crippen molar-refractivity contribution in [1.29, 1.82) is 0 Å². The minimum atomic E-state index is -0.310. The molecule has 9 heteroatoms. The summed E-state index contributed by atoms with van der Waals surface area (Å²) in [5.41, 5.74) is 4.47. The fraction of sp³-hybridized carbons (Fsp3) is 0.174. The van der Waals surface area contributed by atoms with Gasteiger partial charge in [-0.2, -0.15) is 4.80 Å². The van der Waals surface area contributed by atoms with Gasteiger partial charge in [0.05, 0.1) is 22.8 Å². The van der Waals surface area contributed by atoms with Crippen molar-refractivity contribution >= 4 is 45.8 Å². The molecule has 0 fully saturated rings. The quantitative estimate of drug-likeness (QED) is 0.409. The molecule has 0 aliphatic rings. The number of fused-ring (bicyclic) bond motifs is 1. The molecule has 7 nitrogen and oxygen atoms in total. The molecular formula is C23H20Cl2N4O3. The summed E-state index contributed by atoms with van der Waals surface area (Å²) in [5.74, 6) is 0.764. The van der Waals surface area contributed by atoms with Crippen LogP contribution in [0.15, 0.2) is 48.5 Å². The largest absolute Gasteiger partial charge is 0.495 e. The average molecular weight is 471 g/mol. The number of nitrogens with one attached hydrogen (secondary N) is 1. The smallest absolute Gasteiger partial charge is 0.262 e. The second-order valence-corrected chi connectivity index (χ2v) is 8.06. The minimum absolute atomic E-state index is 0.168. The van der Waals surface area contributed by atoms with Gasteiger partial charge >= 0.3 is 0 Å². The number of ether oxygens (including phenoxy) is 2. The normalized spacial score (nSPS) is 10.9. The van der Waals surface area contributed by atoms with E-state index in [0.29, 0.717) is 44.0 Å². The van der Waals surface area contributed by atoms with Crippen LogP contribution < -0.4 is 14.8 Å². The first-order chi connectivity index (χ1) is 15.3. The predicted molar refractivity (Wildman–Crippen MR) is 125 cm³/mol. The van der Waals surface area contributed by atoms with Gasteiger partial charge in [0.25, 0.3) is 5.91 Å². The molecule has 1 amide bonds. The van der Waals surface area contributed by atoms with Crippen molar-refractivity contribution in [2.75, 3.05) is 19.0 Å². The second kappa shape index (κ2) is 9.06. The molecule has 1 heterocycles. The van der Waals surface area contributed by atoms with Gasteiger partial charge in [-0.1, -0.05) is 29.3 Å². The third-order valence-electron chi connectivity index (χ3n) is 4.75. The molecule has 164 valence electrons. The maximum Gasteiger partial charge on any atom is 0.262 e. The lowest BCUT2D eigenvalue weighted by atomic mass is 10.1. The number of amides is 1. The van der Waals surface area contributed by atoms with E-state index >= 15 is 0 Å². The van der Waals surface area contributed by atoms with Gasteiger partial charge in [-0.25, -0.2) is 0 Å². The number of nitrogens with zero attached hydrogens (tertiary/aromatic N) is 3. The van der Waals surface area contributed by atoms with E-state index in [1.165, 1.54) is 4.80 Å². The zero-order valence-corrected chi connectivity index (χ0v) is 19.2. The maximum atomic E-state index is 12.4. The number of anilines is 1. The number of halogens is 2. The van der Waals surface area contributed by atoms with Crippen LogP contribution in [0.1, 0.15) is 11.1 Å². The fourth-order valence-corrected chi connectivity index (χ4v) is 3.94. The summed E-state index contributed by atoms with van der Waals surface area (Å²) < 4.78 is 10.8. The minimum Gasteiger partial charge on any atom is -0.495 e. The van der Waals surface area contributed by atoms with E-state index < -0.39 is 0 Å². The van der Waals surface area contributed by atoms with Crippen LogP contribution in [0.2, 0.25) is 10.0 Å². The highest BCUT2D eigenvalue weighted by Gasteiger charge is 2.12. The van der Waals surface area contributed by atoms with E-state index in [2.05, 4.69) is 15.5 Å². The van der Waals surface area contributed by atoms with Gasteiger partial charge in [0, 0.05) is 5.69 Å². The second-order valence-electron chi connectivity index (χ2n) is 7.24. The average Bonchev–Trinajstić information content (AvgIpc) is 3.16. The van der Waals surface area contributed by atoms with Crippen molar-refractivity contribution < 1.29 is 14.3 Å². The van der Waals surface area contributed by atoms with Crippen molar-refractivity contribution in [2.24, 2.45) is 0 Å². The van der Waals surface area contributed by atoms with E-state index in [-0.39, 0.29) is 12.5 Å². The molecular weight excluding hydrogens is 451 g/mol. The van der Waals surface area contributed by atoms with E-state index in [0.717, 1.165) is 11.1 Å². The molecule has 0 aliphatic carbocycles. The number of methoxy groups -OCH3 is 1. The van der Waals surface area contributed by atoms with Gasteiger partial charge < -0.3 is 14.8 Å². The Hall–Kier alpha value is -3.29. The summed E-state index contributed by atoms with van der Waals surface area (Å²) in [6.45, 7) is 3.67. The molecule has 0 bridgehead atoms. The number of benzene rings is 3. The van der Waals surface area contributed by atoms with Gasteiger partial charge in [0.1, 0.15) is 22.5 Å². The van der Waals surface area contributed by atoms with Crippen LogP contribution in [-0.4, -0.2) is 34.6 Å². The molecule has 0 atom stereocenters. The van der Waals surface area contributed by atoms with Crippen molar-refractivity contribution in [2.45, 2.75) is 13.8 Å². The van der Waals surface area contributed by atoms with Crippen LogP contribution in [0.5, 0.6) is 11.5 Å². The molecule has 0 spiro atoms.